The normalized spacial score (nSPS) is 14.7. The summed E-state index contributed by atoms with van der Waals surface area (Å²) >= 11 is 0. The van der Waals surface area contributed by atoms with E-state index in [1.165, 1.54) is 35.1 Å². The molecule has 3 heteroatoms. The van der Waals surface area contributed by atoms with Gasteiger partial charge in [0.05, 0.1) is 7.11 Å². The molecule has 19 heavy (non-hydrogen) atoms. The average Bonchev–Trinajstić information content (AvgIpc) is 3.21. The number of ether oxygens (including phenoxy) is 1. The first-order valence-electron chi connectivity index (χ1n) is 7.21. The number of benzene rings is 1. The molecule has 2 rings (SSSR count). The maximum Gasteiger partial charge on any atom is 0.122 e. The molecule has 2 N–H and O–H groups in total. The molecule has 106 valence electrons. The molecule has 0 unspecified atom stereocenters. The van der Waals surface area contributed by atoms with Crippen molar-refractivity contribution in [2.45, 2.75) is 46.2 Å². The Morgan fingerprint density at radius 1 is 1.16 bits per heavy atom. The van der Waals surface area contributed by atoms with Crippen molar-refractivity contribution in [1.29, 1.82) is 0 Å². The first kappa shape index (κ1) is 14.4. The number of hydrogen-bond donors (Lipinski definition) is 2. The van der Waals surface area contributed by atoms with E-state index in [4.69, 9.17) is 4.74 Å². The minimum Gasteiger partial charge on any atom is -0.496 e. The molecule has 0 bridgehead atoms. The minimum absolute atomic E-state index is 0.800. The van der Waals surface area contributed by atoms with Crippen LogP contribution in [-0.2, 0) is 6.54 Å². The van der Waals surface area contributed by atoms with Gasteiger partial charge in [0.15, 0.2) is 0 Å². The smallest absolute Gasteiger partial charge is 0.122 e. The van der Waals surface area contributed by atoms with Crippen molar-refractivity contribution in [2.75, 3.05) is 20.2 Å². The van der Waals surface area contributed by atoms with Crippen molar-refractivity contribution >= 4 is 0 Å². The Morgan fingerprint density at radius 3 is 2.53 bits per heavy atom. The van der Waals surface area contributed by atoms with Gasteiger partial charge in [0.25, 0.3) is 0 Å². The molecular weight excluding hydrogens is 236 g/mol. The highest BCUT2D eigenvalue weighted by molar-refractivity contribution is 5.48. The van der Waals surface area contributed by atoms with Gasteiger partial charge in [0, 0.05) is 25.7 Å². The van der Waals surface area contributed by atoms with Crippen LogP contribution in [0.5, 0.6) is 5.75 Å². The fraction of sp³-hybridized carbons (Fsp3) is 0.625. The van der Waals surface area contributed by atoms with E-state index in [1.54, 1.807) is 7.11 Å². The Labute approximate surface area is 116 Å². The Hall–Kier alpha value is -1.06. The molecule has 3 nitrogen and oxygen atoms in total. The van der Waals surface area contributed by atoms with Crippen LogP contribution in [0.15, 0.2) is 6.07 Å². The molecular formula is C16H26N2O. The average molecular weight is 262 g/mol. The monoisotopic (exact) mass is 262 g/mol. The van der Waals surface area contributed by atoms with Crippen molar-refractivity contribution in [1.82, 2.24) is 10.6 Å². The van der Waals surface area contributed by atoms with E-state index in [2.05, 4.69) is 37.5 Å². The van der Waals surface area contributed by atoms with Crippen LogP contribution in [0.4, 0.5) is 0 Å². The summed E-state index contributed by atoms with van der Waals surface area (Å²) in [7, 11) is 1.74. The molecule has 0 aliphatic heterocycles. The lowest BCUT2D eigenvalue weighted by molar-refractivity contribution is 0.410. The molecule has 0 aromatic heterocycles. The van der Waals surface area contributed by atoms with Gasteiger partial charge in [0.1, 0.15) is 5.75 Å². The fourth-order valence-electron chi connectivity index (χ4n) is 2.45. The number of methoxy groups -OCH3 is 1. The fourth-order valence-corrected chi connectivity index (χ4v) is 2.45. The number of rotatable bonds is 7. The maximum absolute atomic E-state index is 5.41. The summed E-state index contributed by atoms with van der Waals surface area (Å²) in [6.45, 7) is 9.51. The summed E-state index contributed by atoms with van der Waals surface area (Å²) < 4.78 is 5.41. The van der Waals surface area contributed by atoms with Gasteiger partial charge in [-0.2, -0.15) is 0 Å². The van der Waals surface area contributed by atoms with E-state index in [9.17, 15) is 0 Å². The Bertz CT molecular complexity index is 439. The minimum atomic E-state index is 0.800. The molecule has 1 fully saturated rings. The largest absolute Gasteiger partial charge is 0.496 e. The zero-order valence-corrected chi connectivity index (χ0v) is 12.6. The van der Waals surface area contributed by atoms with Crippen LogP contribution in [0, 0.1) is 20.8 Å². The highest BCUT2D eigenvalue weighted by Gasteiger charge is 2.19. The van der Waals surface area contributed by atoms with Crippen LogP contribution < -0.4 is 15.4 Å². The highest BCUT2D eigenvalue weighted by Crippen LogP contribution is 2.27. The van der Waals surface area contributed by atoms with E-state index >= 15 is 0 Å². The highest BCUT2D eigenvalue weighted by atomic mass is 16.5. The summed E-state index contributed by atoms with van der Waals surface area (Å²) in [5.41, 5.74) is 5.31. The lowest BCUT2D eigenvalue weighted by Gasteiger charge is -2.16. The molecule has 1 aromatic carbocycles. The lowest BCUT2D eigenvalue weighted by Crippen LogP contribution is -2.28. The van der Waals surface area contributed by atoms with Crippen LogP contribution >= 0.6 is 0 Å². The SMILES string of the molecule is COc1cc(C)c(CNCCNC2CC2)c(C)c1C. The summed E-state index contributed by atoms with van der Waals surface area (Å²) in [5, 5.41) is 7.05. The molecule has 0 saturated heterocycles. The summed E-state index contributed by atoms with van der Waals surface area (Å²) in [5.74, 6) is 0.995. The van der Waals surface area contributed by atoms with E-state index < -0.39 is 0 Å². The molecule has 0 radical (unpaired) electrons. The van der Waals surface area contributed by atoms with E-state index in [1.807, 2.05) is 0 Å². The first-order chi connectivity index (χ1) is 9.13. The van der Waals surface area contributed by atoms with Crippen LogP contribution in [0.2, 0.25) is 0 Å². The third kappa shape index (κ3) is 3.71. The molecule has 1 aliphatic carbocycles. The van der Waals surface area contributed by atoms with Crippen LogP contribution in [0.1, 0.15) is 35.1 Å². The van der Waals surface area contributed by atoms with Crippen molar-refractivity contribution in [3.05, 3.63) is 28.3 Å². The van der Waals surface area contributed by atoms with Gasteiger partial charge in [-0.1, -0.05) is 0 Å². The van der Waals surface area contributed by atoms with Crippen molar-refractivity contribution in [2.24, 2.45) is 0 Å². The van der Waals surface area contributed by atoms with Crippen molar-refractivity contribution in [3.8, 4) is 5.75 Å². The predicted molar refractivity (Wildman–Crippen MR) is 79.9 cm³/mol. The molecule has 1 aromatic rings. The Kier molecular flexibility index (Phi) is 4.83. The van der Waals surface area contributed by atoms with Crippen LogP contribution in [-0.4, -0.2) is 26.2 Å². The van der Waals surface area contributed by atoms with Gasteiger partial charge in [-0.3, -0.25) is 0 Å². The molecule has 0 amide bonds. The van der Waals surface area contributed by atoms with Gasteiger partial charge < -0.3 is 15.4 Å². The zero-order chi connectivity index (χ0) is 13.8. The number of hydrogen-bond acceptors (Lipinski definition) is 3. The second kappa shape index (κ2) is 6.40. The second-order valence-corrected chi connectivity index (χ2v) is 5.53. The van der Waals surface area contributed by atoms with E-state index in [0.717, 1.165) is 31.4 Å². The van der Waals surface area contributed by atoms with Gasteiger partial charge >= 0.3 is 0 Å². The number of aryl methyl sites for hydroxylation is 1. The third-order valence-corrected chi connectivity index (χ3v) is 4.04. The molecule has 0 spiro atoms. The molecule has 0 atom stereocenters. The quantitative estimate of drug-likeness (QED) is 0.741. The van der Waals surface area contributed by atoms with E-state index in [-0.39, 0.29) is 0 Å². The standard InChI is InChI=1S/C16H26N2O/c1-11-9-16(19-4)13(3)12(2)15(11)10-17-7-8-18-14-5-6-14/h9,14,17-18H,5-8,10H2,1-4H3. The second-order valence-electron chi connectivity index (χ2n) is 5.53. The predicted octanol–water partition coefficient (Wildman–Crippen LogP) is 2.46. The summed E-state index contributed by atoms with van der Waals surface area (Å²) in [6.07, 6.45) is 2.71. The van der Waals surface area contributed by atoms with Crippen LogP contribution in [0.25, 0.3) is 0 Å². The van der Waals surface area contributed by atoms with E-state index in [0.29, 0.717) is 0 Å². The van der Waals surface area contributed by atoms with Crippen molar-refractivity contribution < 1.29 is 4.74 Å². The number of nitrogens with one attached hydrogen (secondary N) is 2. The summed E-state index contributed by atoms with van der Waals surface area (Å²) in [6, 6.07) is 2.94. The maximum atomic E-state index is 5.41. The Morgan fingerprint density at radius 2 is 1.89 bits per heavy atom. The lowest BCUT2D eigenvalue weighted by atomic mass is 9.97. The Balaban J connectivity index is 1.89. The zero-order valence-electron chi connectivity index (χ0n) is 12.6. The van der Waals surface area contributed by atoms with Gasteiger partial charge in [-0.25, -0.2) is 0 Å². The van der Waals surface area contributed by atoms with Gasteiger partial charge in [-0.15, -0.1) is 0 Å². The topological polar surface area (TPSA) is 33.3 Å². The van der Waals surface area contributed by atoms with Crippen molar-refractivity contribution in [3.63, 3.8) is 0 Å². The summed E-state index contributed by atoms with van der Waals surface area (Å²) in [4.78, 5) is 0. The first-order valence-corrected chi connectivity index (χ1v) is 7.21. The third-order valence-electron chi connectivity index (χ3n) is 4.04. The van der Waals surface area contributed by atoms with Gasteiger partial charge in [-0.05, 0) is 61.9 Å². The van der Waals surface area contributed by atoms with Crippen LogP contribution in [0.3, 0.4) is 0 Å². The molecule has 1 saturated carbocycles. The molecule has 1 aliphatic rings. The molecule has 0 heterocycles. The van der Waals surface area contributed by atoms with Gasteiger partial charge in [0.2, 0.25) is 0 Å².